The molecule has 98 valence electrons. The van der Waals surface area contributed by atoms with Crippen LogP contribution < -0.4 is 5.32 Å². The van der Waals surface area contributed by atoms with Gasteiger partial charge in [-0.05, 0) is 19.4 Å². The first-order valence-electron chi connectivity index (χ1n) is 5.99. The van der Waals surface area contributed by atoms with E-state index in [1.165, 1.54) is 19.9 Å². The van der Waals surface area contributed by atoms with E-state index in [2.05, 4.69) is 17.1 Å². The van der Waals surface area contributed by atoms with Crippen molar-refractivity contribution >= 4 is 12.0 Å². The highest BCUT2D eigenvalue weighted by Gasteiger charge is 2.27. The Labute approximate surface area is 102 Å². The molecule has 0 radical (unpaired) electrons. The van der Waals surface area contributed by atoms with E-state index in [0.717, 1.165) is 18.0 Å². The molecule has 17 heavy (non-hydrogen) atoms. The van der Waals surface area contributed by atoms with Gasteiger partial charge in [-0.3, -0.25) is 9.69 Å². The van der Waals surface area contributed by atoms with Crippen molar-refractivity contribution in [2.75, 3.05) is 33.2 Å². The van der Waals surface area contributed by atoms with Crippen LogP contribution >= 0.6 is 0 Å². The van der Waals surface area contributed by atoms with E-state index in [-0.39, 0.29) is 12.6 Å². The number of urea groups is 1. The number of aliphatic carboxylic acids is 1. The molecule has 1 rings (SSSR count). The van der Waals surface area contributed by atoms with E-state index in [0.29, 0.717) is 12.6 Å². The molecular formula is C11H21N3O3. The van der Waals surface area contributed by atoms with Gasteiger partial charge in [-0.25, -0.2) is 4.79 Å². The number of nitrogens with zero attached hydrogens (tertiary/aromatic N) is 2. The number of amides is 2. The highest BCUT2D eigenvalue weighted by molar-refractivity contribution is 5.79. The zero-order chi connectivity index (χ0) is 12.8. The van der Waals surface area contributed by atoms with Crippen molar-refractivity contribution in [2.45, 2.75) is 25.8 Å². The number of carbonyl (C=O) groups is 2. The Morgan fingerprint density at radius 3 is 2.53 bits per heavy atom. The maximum absolute atomic E-state index is 11.5. The summed E-state index contributed by atoms with van der Waals surface area (Å²) in [6, 6.07) is 0.355. The lowest BCUT2D eigenvalue weighted by molar-refractivity contribution is -0.137. The summed E-state index contributed by atoms with van der Waals surface area (Å²) < 4.78 is 0. The third-order valence-electron chi connectivity index (χ3n) is 2.86. The van der Waals surface area contributed by atoms with E-state index in [4.69, 9.17) is 5.11 Å². The lowest BCUT2D eigenvalue weighted by Gasteiger charge is -2.21. The van der Waals surface area contributed by atoms with Gasteiger partial charge in [0.2, 0.25) is 0 Å². The topological polar surface area (TPSA) is 72.9 Å². The van der Waals surface area contributed by atoms with E-state index < -0.39 is 5.97 Å². The molecule has 0 heterocycles. The molecule has 0 spiro atoms. The summed E-state index contributed by atoms with van der Waals surface area (Å²) in [5.41, 5.74) is 0. The Morgan fingerprint density at radius 2 is 2.06 bits per heavy atom. The molecule has 2 N–H and O–H groups in total. The van der Waals surface area contributed by atoms with Crippen LogP contribution in [-0.4, -0.2) is 66.2 Å². The van der Waals surface area contributed by atoms with Gasteiger partial charge in [0.15, 0.2) is 0 Å². The van der Waals surface area contributed by atoms with Gasteiger partial charge in [-0.15, -0.1) is 0 Å². The molecule has 1 aliphatic rings. The van der Waals surface area contributed by atoms with Crippen LogP contribution in [0.2, 0.25) is 0 Å². The second-order valence-corrected chi connectivity index (χ2v) is 4.34. The number of hydrogen-bond donors (Lipinski definition) is 2. The van der Waals surface area contributed by atoms with Crippen molar-refractivity contribution in [3.05, 3.63) is 0 Å². The summed E-state index contributed by atoms with van der Waals surface area (Å²) >= 11 is 0. The number of nitrogens with one attached hydrogen (secondary N) is 1. The third-order valence-corrected chi connectivity index (χ3v) is 2.86. The van der Waals surface area contributed by atoms with Crippen molar-refractivity contribution in [1.29, 1.82) is 0 Å². The van der Waals surface area contributed by atoms with Crippen molar-refractivity contribution in [3.63, 3.8) is 0 Å². The molecule has 1 fully saturated rings. The van der Waals surface area contributed by atoms with Gasteiger partial charge in [-0.1, -0.05) is 6.92 Å². The normalized spacial score (nSPS) is 14.8. The lowest BCUT2D eigenvalue weighted by Crippen LogP contribution is -2.43. The second-order valence-electron chi connectivity index (χ2n) is 4.34. The van der Waals surface area contributed by atoms with Crippen LogP contribution in [-0.2, 0) is 4.79 Å². The van der Waals surface area contributed by atoms with Crippen LogP contribution in [0.15, 0.2) is 0 Å². The van der Waals surface area contributed by atoms with Gasteiger partial charge in [0.05, 0.1) is 0 Å². The first-order valence-corrected chi connectivity index (χ1v) is 5.99. The monoisotopic (exact) mass is 243 g/mol. The molecule has 2 amide bonds. The zero-order valence-corrected chi connectivity index (χ0v) is 10.5. The van der Waals surface area contributed by atoms with E-state index in [9.17, 15) is 9.59 Å². The molecule has 1 saturated carbocycles. The van der Waals surface area contributed by atoms with Gasteiger partial charge in [0, 0.05) is 26.2 Å². The van der Waals surface area contributed by atoms with Crippen molar-refractivity contribution < 1.29 is 14.7 Å². The van der Waals surface area contributed by atoms with Crippen molar-refractivity contribution in [3.8, 4) is 0 Å². The standard InChI is InChI=1S/C11H21N3O3/c1-3-14(9-4-5-9)7-6-12-11(17)13(2)8-10(15)16/h9H,3-8H2,1-2H3,(H,12,17)(H,15,16). The maximum Gasteiger partial charge on any atom is 0.323 e. The number of carboxylic acid groups (broad SMARTS) is 1. The lowest BCUT2D eigenvalue weighted by atomic mass is 10.4. The minimum absolute atomic E-state index is 0.272. The minimum Gasteiger partial charge on any atom is -0.480 e. The van der Waals surface area contributed by atoms with Crippen LogP contribution in [0.4, 0.5) is 4.79 Å². The van der Waals surface area contributed by atoms with Gasteiger partial charge in [0.25, 0.3) is 0 Å². The van der Waals surface area contributed by atoms with E-state index in [1.54, 1.807) is 0 Å². The highest BCUT2D eigenvalue weighted by Crippen LogP contribution is 2.25. The van der Waals surface area contributed by atoms with Crippen molar-refractivity contribution in [1.82, 2.24) is 15.1 Å². The summed E-state index contributed by atoms with van der Waals surface area (Å²) in [6.45, 7) is 4.22. The Balaban J connectivity index is 2.16. The van der Waals surface area contributed by atoms with Crippen LogP contribution in [0.3, 0.4) is 0 Å². The summed E-state index contributed by atoms with van der Waals surface area (Å²) in [5.74, 6) is -1.00. The second kappa shape index (κ2) is 6.44. The van der Waals surface area contributed by atoms with E-state index >= 15 is 0 Å². The van der Waals surface area contributed by atoms with E-state index in [1.807, 2.05) is 0 Å². The smallest absolute Gasteiger partial charge is 0.323 e. The predicted molar refractivity (Wildman–Crippen MR) is 63.9 cm³/mol. The Bertz CT molecular complexity index is 279. The zero-order valence-electron chi connectivity index (χ0n) is 10.5. The van der Waals surface area contributed by atoms with Crippen LogP contribution in [0, 0.1) is 0 Å². The van der Waals surface area contributed by atoms with Gasteiger partial charge in [-0.2, -0.15) is 0 Å². The van der Waals surface area contributed by atoms with Gasteiger partial charge < -0.3 is 15.3 Å². The van der Waals surface area contributed by atoms with Gasteiger partial charge >= 0.3 is 12.0 Å². The summed E-state index contributed by atoms with van der Waals surface area (Å²) in [6.07, 6.45) is 2.50. The molecule has 6 heteroatoms. The number of rotatable bonds is 7. The Morgan fingerprint density at radius 1 is 1.41 bits per heavy atom. The molecule has 0 saturated heterocycles. The molecule has 0 unspecified atom stereocenters. The molecule has 1 aliphatic carbocycles. The first-order chi connectivity index (χ1) is 8.04. The fourth-order valence-electron chi connectivity index (χ4n) is 1.75. The molecule has 0 aromatic rings. The average molecular weight is 243 g/mol. The predicted octanol–water partition coefficient (Wildman–Crippen LogP) is 0.197. The largest absolute Gasteiger partial charge is 0.480 e. The number of hydrogen-bond acceptors (Lipinski definition) is 3. The molecule has 0 aliphatic heterocycles. The number of carboxylic acids is 1. The Kier molecular flexibility index (Phi) is 5.21. The summed E-state index contributed by atoms with van der Waals surface area (Å²) in [5, 5.41) is 11.3. The molecule has 6 nitrogen and oxygen atoms in total. The first kappa shape index (κ1) is 13.8. The minimum atomic E-state index is -1.00. The van der Waals surface area contributed by atoms with Gasteiger partial charge in [0.1, 0.15) is 6.54 Å². The molecule has 0 aromatic heterocycles. The number of likely N-dealkylation sites (N-methyl/N-ethyl adjacent to an activating group) is 2. The summed E-state index contributed by atoms with van der Waals surface area (Å²) in [4.78, 5) is 25.4. The molecule has 0 aromatic carbocycles. The quantitative estimate of drug-likeness (QED) is 0.670. The number of carbonyl (C=O) groups excluding carboxylic acids is 1. The SMILES string of the molecule is CCN(CCNC(=O)N(C)CC(=O)O)C1CC1. The maximum atomic E-state index is 11.5. The fraction of sp³-hybridized carbons (Fsp3) is 0.818. The Hall–Kier alpha value is -1.30. The summed E-state index contributed by atoms with van der Waals surface area (Å²) in [7, 11) is 1.47. The third kappa shape index (κ3) is 5.04. The molecule has 0 bridgehead atoms. The van der Waals surface area contributed by atoms with Crippen LogP contribution in [0.25, 0.3) is 0 Å². The van der Waals surface area contributed by atoms with Crippen molar-refractivity contribution in [2.24, 2.45) is 0 Å². The highest BCUT2D eigenvalue weighted by atomic mass is 16.4. The fourth-order valence-corrected chi connectivity index (χ4v) is 1.75. The van der Waals surface area contributed by atoms with Crippen LogP contribution in [0.5, 0.6) is 0 Å². The average Bonchev–Trinajstić information content (AvgIpc) is 3.07. The molecular weight excluding hydrogens is 222 g/mol. The molecule has 0 atom stereocenters. The van der Waals surface area contributed by atoms with Crippen LogP contribution in [0.1, 0.15) is 19.8 Å².